The molecule has 2 nitrogen and oxygen atoms in total. The maximum atomic E-state index is 4.69. The SMILES string of the molecule is CCNC(CC1CC2CCC1C2)c1csc(C)n1. The number of hydrogen-bond acceptors (Lipinski definition) is 3. The van der Waals surface area contributed by atoms with Crippen molar-refractivity contribution in [2.75, 3.05) is 6.54 Å². The summed E-state index contributed by atoms with van der Waals surface area (Å²) in [6.45, 7) is 5.35. The first-order valence-electron chi connectivity index (χ1n) is 7.41. The van der Waals surface area contributed by atoms with Gasteiger partial charge in [-0.05, 0) is 56.9 Å². The molecule has 1 heterocycles. The van der Waals surface area contributed by atoms with E-state index in [0.29, 0.717) is 6.04 Å². The van der Waals surface area contributed by atoms with Gasteiger partial charge in [-0.2, -0.15) is 0 Å². The number of aromatic nitrogens is 1. The fourth-order valence-corrected chi connectivity index (χ4v) is 4.73. The van der Waals surface area contributed by atoms with Gasteiger partial charge in [0.1, 0.15) is 0 Å². The summed E-state index contributed by atoms with van der Waals surface area (Å²) in [7, 11) is 0. The Hall–Kier alpha value is -0.410. The zero-order valence-electron chi connectivity index (χ0n) is 11.5. The van der Waals surface area contributed by atoms with Crippen LogP contribution < -0.4 is 5.32 Å². The summed E-state index contributed by atoms with van der Waals surface area (Å²) in [6.07, 6.45) is 7.29. The normalized spacial score (nSPS) is 32.0. The lowest BCUT2D eigenvalue weighted by molar-refractivity contribution is 0.279. The van der Waals surface area contributed by atoms with E-state index in [4.69, 9.17) is 0 Å². The number of rotatable bonds is 5. The highest BCUT2D eigenvalue weighted by Gasteiger charge is 2.40. The molecule has 2 aliphatic carbocycles. The summed E-state index contributed by atoms with van der Waals surface area (Å²) < 4.78 is 0. The number of aryl methyl sites for hydroxylation is 1. The smallest absolute Gasteiger partial charge is 0.0898 e. The Morgan fingerprint density at radius 1 is 1.44 bits per heavy atom. The molecular weight excluding hydrogens is 240 g/mol. The Bertz CT molecular complexity index is 401. The van der Waals surface area contributed by atoms with Gasteiger partial charge in [0.25, 0.3) is 0 Å². The molecule has 100 valence electrons. The van der Waals surface area contributed by atoms with E-state index in [1.54, 1.807) is 11.3 Å². The second-order valence-corrected chi connectivity index (χ2v) is 7.13. The van der Waals surface area contributed by atoms with Crippen LogP contribution in [-0.2, 0) is 0 Å². The van der Waals surface area contributed by atoms with E-state index in [-0.39, 0.29) is 0 Å². The van der Waals surface area contributed by atoms with Crippen molar-refractivity contribution in [2.45, 2.75) is 52.0 Å². The fourth-order valence-electron chi connectivity index (χ4n) is 4.06. The molecule has 0 amide bonds. The third-order valence-corrected chi connectivity index (χ3v) is 5.66. The first-order valence-corrected chi connectivity index (χ1v) is 8.29. The molecule has 2 aliphatic rings. The van der Waals surface area contributed by atoms with Crippen LogP contribution in [0.25, 0.3) is 0 Å². The van der Waals surface area contributed by atoms with E-state index in [9.17, 15) is 0 Å². The van der Waals surface area contributed by atoms with Crippen molar-refractivity contribution in [1.82, 2.24) is 10.3 Å². The molecule has 0 spiro atoms. The summed E-state index contributed by atoms with van der Waals surface area (Å²) in [5.74, 6) is 3.03. The Labute approximate surface area is 114 Å². The van der Waals surface area contributed by atoms with Crippen molar-refractivity contribution in [2.24, 2.45) is 17.8 Å². The molecule has 1 aromatic rings. The predicted octanol–water partition coefficient (Wildman–Crippen LogP) is 3.93. The van der Waals surface area contributed by atoms with Crippen LogP contribution in [-0.4, -0.2) is 11.5 Å². The van der Waals surface area contributed by atoms with Gasteiger partial charge in [-0.3, -0.25) is 0 Å². The van der Waals surface area contributed by atoms with E-state index in [2.05, 4.69) is 29.5 Å². The topological polar surface area (TPSA) is 24.9 Å². The molecule has 4 unspecified atom stereocenters. The van der Waals surface area contributed by atoms with Crippen molar-refractivity contribution in [3.63, 3.8) is 0 Å². The second kappa shape index (κ2) is 5.30. The average Bonchev–Trinajstić information content (AvgIpc) is 3.04. The molecule has 3 heteroatoms. The van der Waals surface area contributed by atoms with Crippen LogP contribution in [0.1, 0.15) is 55.8 Å². The Morgan fingerprint density at radius 2 is 2.33 bits per heavy atom. The number of nitrogens with one attached hydrogen (secondary N) is 1. The number of hydrogen-bond donors (Lipinski definition) is 1. The highest BCUT2D eigenvalue weighted by molar-refractivity contribution is 7.09. The third-order valence-electron chi connectivity index (χ3n) is 4.87. The molecular formula is C15H24N2S. The Kier molecular flexibility index (Phi) is 3.71. The summed E-state index contributed by atoms with van der Waals surface area (Å²) >= 11 is 1.78. The molecule has 0 aromatic carbocycles. The maximum Gasteiger partial charge on any atom is 0.0898 e. The molecule has 0 saturated heterocycles. The van der Waals surface area contributed by atoms with Gasteiger partial charge in [0.2, 0.25) is 0 Å². The second-order valence-electron chi connectivity index (χ2n) is 6.07. The summed E-state index contributed by atoms with van der Waals surface area (Å²) in [6, 6.07) is 0.490. The Balaban J connectivity index is 1.67. The monoisotopic (exact) mass is 264 g/mol. The molecule has 2 fully saturated rings. The molecule has 1 aromatic heterocycles. The van der Waals surface area contributed by atoms with Gasteiger partial charge in [-0.1, -0.05) is 13.3 Å². The van der Waals surface area contributed by atoms with E-state index < -0.39 is 0 Å². The molecule has 3 rings (SSSR count). The van der Waals surface area contributed by atoms with E-state index in [1.807, 2.05) is 0 Å². The number of fused-ring (bicyclic) bond motifs is 2. The van der Waals surface area contributed by atoms with Gasteiger partial charge in [0.05, 0.1) is 16.7 Å². The lowest BCUT2D eigenvalue weighted by Crippen LogP contribution is -2.25. The summed E-state index contributed by atoms with van der Waals surface area (Å²) in [5, 5.41) is 7.08. The number of nitrogens with zero attached hydrogens (tertiary/aromatic N) is 1. The van der Waals surface area contributed by atoms with Crippen LogP contribution in [0, 0.1) is 24.7 Å². The summed E-state index contributed by atoms with van der Waals surface area (Å²) in [5.41, 5.74) is 1.28. The lowest BCUT2D eigenvalue weighted by atomic mass is 9.83. The quantitative estimate of drug-likeness (QED) is 0.871. The van der Waals surface area contributed by atoms with Gasteiger partial charge in [-0.25, -0.2) is 4.98 Å². The molecule has 2 saturated carbocycles. The van der Waals surface area contributed by atoms with Gasteiger partial charge in [0, 0.05) is 5.38 Å². The van der Waals surface area contributed by atoms with Gasteiger partial charge >= 0.3 is 0 Å². The van der Waals surface area contributed by atoms with Crippen LogP contribution in [0.3, 0.4) is 0 Å². The van der Waals surface area contributed by atoms with Crippen LogP contribution >= 0.6 is 11.3 Å². The first kappa shape index (κ1) is 12.6. The zero-order valence-corrected chi connectivity index (χ0v) is 12.3. The maximum absolute atomic E-state index is 4.69. The highest BCUT2D eigenvalue weighted by atomic mass is 32.1. The van der Waals surface area contributed by atoms with Gasteiger partial charge in [-0.15, -0.1) is 11.3 Å². The summed E-state index contributed by atoms with van der Waals surface area (Å²) in [4.78, 5) is 4.69. The Morgan fingerprint density at radius 3 is 2.89 bits per heavy atom. The first-order chi connectivity index (χ1) is 8.76. The van der Waals surface area contributed by atoms with Crippen LogP contribution in [0.2, 0.25) is 0 Å². The van der Waals surface area contributed by atoms with E-state index >= 15 is 0 Å². The largest absolute Gasteiger partial charge is 0.309 e. The van der Waals surface area contributed by atoms with Gasteiger partial charge in [0.15, 0.2) is 0 Å². The van der Waals surface area contributed by atoms with Crippen molar-refractivity contribution in [1.29, 1.82) is 0 Å². The van der Waals surface area contributed by atoms with Crippen molar-refractivity contribution >= 4 is 11.3 Å². The minimum atomic E-state index is 0.490. The molecule has 2 bridgehead atoms. The van der Waals surface area contributed by atoms with E-state index in [1.165, 1.54) is 42.8 Å². The van der Waals surface area contributed by atoms with E-state index in [0.717, 1.165) is 24.3 Å². The van der Waals surface area contributed by atoms with Crippen LogP contribution in [0.15, 0.2) is 5.38 Å². The lowest BCUT2D eigenvalue weighted by Gasteiger charge is -2.26. The van der Waals surface area contributed by atoms with Crippen LogP contribution in [0.5, 0.6) is 0 Å². The molecule has 1 N–H and O–H groups in total. The minimum Gasteiger partial charge on any atom is -0.309 e. The molecule has 0 aliphatic heterocycles. The zero-order chi connectivity index (χ0) is 12.5. The fraction of sp³-hybridized carbons (Fsp3) is 0.800. The number of thiazole rings is 1. The third kappa shape index (κ3) is 2.48. The standard InChI is InChI=1S/C15H24N2S/c1-3-16-14(15-9-18-10(2)17-15)8-13-7-11-4-5-12(13)6-11/h9,11-14,16H,3-8H2,1-2H3. The van der Waals surface area contributed by atoms with Crippen LogP contribution in [0.4, 0.5) is 0 Å². The molecule has 0 radical (unpaired) electrons. The predicted molar refractivity (Wildman–Crippen MR) is 76.8 cm³/mol. The van der Waals surface area contributed by atoms with Crippen molar-refractivity contribution in [3.8, 4) is 0 Å². The van der Waals surface area contributed by atoms with Crippen molar-refractivity contribution < 1.29 is 0 Å². The van der Waals surface area contributed by atoms with Gasteiger partial charge < -0.3 is 5.32 Å². The average molecular weight is 264 g/mol. The molecule has 4 atom stereocenters. The highest BCUT2D eigenvalue weighted by Crippen LogP contribution is 2.50. The van der Waals surface area contributed by atoms with Crippen molar-refractivity contribution in [3.05, 3.63) is 16.1 Å². The molecule has 18 heavy (non-hydrogen) atoms. The minimum absolute atomic E-state index is 0.490.